The summed E-state index contributed by atoms with van der Waals surface area (Å²) in [5.74, 6) is 1.88. The van der Waals surface area contributed by atoms with Crippen LogP contribution in [0.25, 0.3) is 10.9 Å². The highest BCUT2D eigenvalue weighted by Crippen LogP contribution is 2.25. The quantitative estimate of drug-likeness (QED) is 0.635. The number of benzene rings is 1. The lowest BCUT2D eigenvalue weighted by Gasteiger charge is -2.29. The van der Waals surface area contributed by atoms with Crippen LogP contribution in [-0.2, 0) is 0 Å². The van der Waals surface area contributed by atoms with E-state index < -0.39 is 0 Å². The molecule has 0 aliphatic heterocycles. The van der Waals surface area contributed by atoms with Gasteiger partial charge in [-0.05, 0) is 24.8 Å². The van der Waals surface area contributed by atoms with Gasteiger partial charge in [0, 0.05) is 24.2 Å². The first kappa shape index (κ1) is 15.6. The fourth-order valence-electron chi connectivity index (χ4n) is 2.44. The standard InChI is InChI=1S/C16H22N4S/c1-4-12(10-21-3)20(2)16-13(15(17)18)9-11-7-5-6-8-14(11)19-16/h5-9,12H,4,10H2,1-3H3,(H3,17,18). The van der Waals surface area contributed by atoms with E-state index in [9.17, 15) is 0 Å². The zero-order chi connectivity index (χ0) is 15.4. The van der Waals surface area contributed by atoms with Gasteiger partial charge in [-0.1, -0.05) is 25.1 Å². The molecule has 0 spiro atoms. The van der Waals surface area contributed by atoms with E-state index in [1.165, 1.54) is 0 Å². The lowest BCUT2D eigenvalue weighted by atomic mass is 10.1. The van der Waals surface area contributed by atoms with E-state index >= 15 is 0 Å². The van der Waals surface area contributed by atoms with Crippen molar-refractivity contribution in [1.29, 1.82) is 5.41 Å². The summed E-state index contributed by atoms with van der Waals surface area (Å²) in [7, 11) is 2.04. The molecule has 0 amide bonds. The van der Waals surface area contributed by atoms with Gasteiger partial charge in [-0.2, -0.15) is 11.8 Å². The molecular formula is C16H22N4S. The Morgan fingerprint density at radius 2 is 2.14 bits per heavy atom. The van der Waals surface area contributed by atoms with Crippen LogP contribution in [-0.4, -0.2) is 35.9 Å². The minimum absolute atomic E-state index is 0.0640. The Morgan fingerprint density at radius 1 is 1.43 bits per heavy atom. The molecule has 0 bridgehead atoms. The lowest BCUT2D eigenvalue weighted by molar-refractivity contribution is 0.666. The van der Waals surface area contributed by atoms with Crippen molar-refractivity contribution in [3.05, 3.63) is 35.9 Å². The van der Waals surface area contributed by atoms with Crippen molar-refractivity contribution >= 4 is 34.3 Å². The Balaban J connectivity index is 2.54. The van der Waals surface area contributed by atoms with E-state index in [2.05, 4.69) is 18.1 Å². The zero-order valence-electron chi connectivity index (χ0n) is 12.8. The molecule has 1 atom stereocenters. The number of fused-ring (bicyclic) bond motifs is 1. The van der Waals surface area contributed by atoms with Crippen LogP contribution in [0.5, 0.6) is 0 Å². The number of rotatable bonds is 6. The highest BCUT2D eigenvalue weighted by atomic mass is 32.2. The third-order valence-electron chi connectivity index (χ3n) is 3.71. The van der Waals surface area contributed by atoms with Gasteiger partial charge in [0.05, 0.1) is 11.1 Å². The molecule has 1 heterocycles. The minimum Gasteiger partial charge on any atom is -0.384 e. The third-order valence-corrected chi connectivity index (χ3v) is 4.42. The molecule has 21 heavy (non-hydrogen) atoms. The van der Waals surface area contributed by atoms with Crippen molar-refractivity contribution in [2.75, 3.05) is 24.0 Å². The summed E-state index contributed by atoms with van der Waals surface area (Å²) in [6.45, 7) is 2.17. The Hall–Kier alpha value is -1.75. The summed E-state index contributed by atoms with van der Waals surface area (Å²) in [5.41, 5.74) is 7.41. The second kappa shape index (κ2) is 6.80. The molecule has 4 nitrogen and oxygen atoms in total. The van der Waals surface area contributed by atoms with Crippen molar-refractivity contribution in [2.45, 2.75) is 19.4 Å². The highest BCUT2D eigenvalue weighted by molar-refractivity contribution is 7.98. The van der Waals surface area contributed by atoms with Gasteiger partial charge in [0.1, 0.15) is 11.7 Å². The predicted molar refractivity (Wildman–Crippen MR) is 93.6 cm³/mol. The number of amidine groups is 1. The smallest absolute Gasteiger partial charge is 0.140 e. The molecule has 1 aromatic heterocycles. The number of nitrogens with zero attached hydrogens (tertiary/aromatic N) is 2. The molecule has 1 unspecified atom stereocenters. The van der Waals surface area contributed by atoms with E-state index in [0.717, 1.165) is 28.9 Å². The maximum Gasteiger partial charge on any atom is 0.140 e. The molecule has 0 aliphatic carbocycles. The van der Waals surface area contributed by atoms with E-state index in [0.29, 0.717) is 11.6 Å². The Bertz CT molecular complexity index is 641. The van der Waals surface area contributed by atoms with Crippen LogP contribution in [0.1, 0.15) is 18.9 Å². The fraction of sp³-hybridized carbons (Fsp3) is 0.375. The van der Waals surface area contributed by atoms with Crippen LogP contribution in [0, 0.1) is 5.41 Å². The number of para-hydroxylation sites is 1. The highest BCUT2D eigenvalue weighted by Gasteiger charge is 2.19. The molecule has 0 radical (unpaired) electrons. The molecule has 1 aromatic carbocycles. The number of thioether (sulfide) groups is 1. The third kappa shape index (κ3) is 3.29. The summed E-state index contributed by atoms with van der Waals surface area (Å²) >= 11 is 1.82. The van der Waals surface area contributed by atoms with Crippen LogP contribution in [0.4, 0.5) is 5.82 Å². The van der Waals surface area contributed by atoms with Crippen molar-refractivity contribution in [3.63, 3.8) is 0 Å². The average molecular weight is 302 g/mol. The minimum atomic E-state index is 0.0640. The van der Waals surface area contributed by atoms with Crippen molar-refractivity contribution in [2.24, 2.45) is 5.73 Å². The van der Waals surface area contributed by atoms with Gasteiger partial charge in [-0.3, -0.25) is 5.41 Å². The second-order valence-electron chi connectivity index (χ2n) is 5.09. The van der Waals surface area contributed by atoms with Crippen LogP contribution in [0.3, 0.4) is 0 Å². The predicted octanol–water partition coefficient (Wildman–Crippen LogP) is 3.10. The summed E-state index contributed by atoms with van der Waals surface area (Å²) in [5, 5.41) is 8.86. The van der Waals surface area contributed by atoms with Crippen LogP contribution in [0.15, 0.2) is 30.3 Å². The lowest BCUT2D eigenvalue weighted by Crippen LogP contribution is -2.35. The molecule has 0 saturated heterocycles. The van der Waals surface area contributed by atoms with Gasteiger partial charge in [0.2, 0.25) is 0 Å². The number of nitrogens with two attached hydrogens (primary N) is 1. The first-order valence-corrected chi connectivity index (χ1v) is 8.43. The van der Waals surface area contributed by atoms with Crippen molar-refractivity contribution < 1.29 is 0 Å². The molecule has 0 aliphatic rings. The second-order valence-corrected chi connectivity index (χ2v) is 6.00. The first-order valence-electron chi connectivity index (χ1n) is 7.04. The molecule has 2 aromatic rings. The van der Waals surface area contributed by atoms with E-state index in [-0.39, 0.29) is 5.84 Å². The van der Waals surface area contributed by atoms with Crippen LogP contribution < -0.4 is 10.6 Å². The number of anilines is 1. The van der Waals surface area contributed by atoms with Gasteiger partial charge in [-0.15, -0.1) is 0 Å². The number of nitrogens with one attached hydrogen (secondary N) is 1. The number of hydrogen-bond acceptors (Lipinski definition) is 4. The average Bonchev–Trinajstić information content (AvgIpc) is 2.50. The number of aromatic nitrogens is 1. The van der Waals surface area contributed by atoms with Gasteiger partial charge in [0.25, 0.3) is 0 Å². The molecule has 2 rings (SSSR count). The molecule has 112 valence electrons. The van der Waals surface area contributed by atoms with E-state index in [4.69, 9.17) is 16.1 Å². The molecular weight excluding hydrogens is 280 g/mol. The Kier molecular flexibility index (Phi) is 5.07. The number of nitrogen functional groups attached to an aromatic ring is 1. The Labute approximate surface area is 130 Å². The van der Waals surface area contributed by atoms with Crippen molar-refractivity contribution in [1.82, 2.24) is 4.98 Å². The molecule has 0 saturated carbocycles. The van der Waals surface area contributed by atoms with Crippen molar-refractivity contribution in [3.8, 4) is 0 Å². The maximum atomic E-state index is 7.85. The van der Waals surface area contributed by atoms with Gasteiger partial charge >= 0.3 is 0 Å². The SMILES string of the molecule is CCC(CSC)N(C)c1nc2ccccc2cc1C(=N)N. The largest absolute Gasteiger partial charge is 0.384 e. The normalized spacial score (nSPS) is 12.3. The topological polar surface area (TPSA) is 66.0 Å². The van der Waals surface area contributed by atoms with E-state index in [1.54, 1.807) is 0 Å². The number of hydrogen-bond donors (Lipinski definition) is 2. The number of pyridine rings is 1. The van der Waals surface area contributed by atoms with Gasteiger partial charge in [-0.25, -0.2) is 4.98 Å². The summed E-state index contributed by atoms with van der Waals surface area (Å²) in [6.07, 6.45) is 3.14. The molecule has 5 heteroatoms. The molecule has 0 fully saturated rings. The van der Waals surface area contributed by atoms with Crippen LogP contribution in [0.2, 0.25) is 0 Å². The van der Waals surface area contributed by atoms with Gasteiger partial charge in [0.15, 0.2) is 0 Å². The summed E-state index contributed by atoms with van der Waals surface area (Å²) < 4.78 is 0. The monoisotopic (exact) mass is 302 g/mol. The Morgan fingerprint density at radius 3 is 2.76 bits per heavy atom. The summed E-state index contributed by atoms with van der Waals surface area (Å²) in [6, 6.07) is 10.3. The summed E-state index contributed by atoms with van der Waals surface area (Å²) in [4.78, 5) is 6.90. The van der Waals surface area contributed by atoms with Gasteiger partial charge < -0.3 is 10.6 Å². The molecule has 3 N–H and O–H groups in total. The first-order chi connectivity index (χ1) is 10.1. The fourth-order valence-corrected chi connectivity index (χ4v) is 3.29. The zero-order valence-corrected chi connectivity index (χ0v) is 13.6. The maximum absolute atomic E-state index is 7.85. The van der Waals surface area contributed by atoms with E-state index in [1.807, 2.05) is 49.1 Å². The van der Waals surface area contributed by atoms with Crippen LogP contribution >= 0.6 is 11.8 Å².